The van der Waals surface area contributed by atoms with Crippen LogP contribution < -0.4 is 27.0 Å². The van der Waals surface area contributed by atoms with Crippen molar-refractivity contribution in [1.29, 1.82) is 0 Å². The number of rotatable bonds is 17. The number of phenolic OH excluding ortho intramolecular Hbond substituents is 1. The number of unbranched alkanes of at least 4 members (excludes halogenated alkanes) is 3. The number of benzene rings is 1. The standard InChI is InChI=1S/C25H47O3PSi.BrH/c1-7-11-18-29(19-12-8-2,20-13-9-3)25-22-23(26)15-16-24(25)27-17-14-21-30(5,6)28-10-4;/h15-16,22H,7-14,17-21H2,1-6H3;1H. The summed E-state index contributed by atoms with van der Waals surface area (Å²) >= 11 is 0. The van der Waals surface area contributed by atoms with Crippen molar-refractivity contribution in [3.63, 3.8) is 0 Å². The van der Waals surface area contributed by atoms with E-state index in [9.17, 15) is 5.11 Å². The van der Waals surface area contributed by atoms with Crippen LogP contribution in [-0.2, 0) is 4.43 Å². The Bertz CT molecular complexity index is 576. The van der Waals surface area contributed by atoms with Gasteiger partial charge in [0, 0.05) is 12.7 Å². The van der Waals surface area contributed by atoms with Gasteiger partial charge in [-0.2, -0.15) is 0 Å². The Morgan fingerprint density at radius 3 is 1.90 bits per heavy atom. The first-order valence-corrected chi connectivity index (χ1v) is 17.8. The first-order chi connectivity index (χ1) is 14.3. The van der Waals surface area contributed by atoms with Gasteiger partial charge >= 0.3 is 0 Å². The van der Waals surface area contributed by atoms with Gasteiger partial charge in [-0.05, 0) is 63.9 Å². The van der Waals surface area contributed by atoms with Gasteiger partial charge in [-0.3, -0.25) is 0 Å². The maximum absolute atomic E-state index is 10.4. The van der Waals surface area contributed by atoms with Crippen LogP contribution in [0.5, 0.6) is 11.5 Å². The Balaban J connectivity index is 0.00000900. The second-order valence-electron chi connectivity index (χ2n) is 9.17. The summed E-state index contributed by atoms with van der Waals surface area (Å²) in [7, 11) is -2.92. The van der Waals surface area contributed by atoms with E-state index in [1.807, 2.05) is 12.1 Å². The molecule has 1 aromatic carbocycles. The molecule has 0 atom stereocenters. The zero-order valence-electron chi connectivity index (χ0n) is 21.0. The monoisotopic (exact) mass is 534 g/mol. The molecule has 1 N–H and O–H groups in total. The fraction of sp³-hybridized carbons (Fsp3) is 0.760. The number of hydrogen-bond donors (Lipinski definition) is 1. The van der Waals surface area contributed by atoms with Crippen molar-refractivity contribution in [1.82, 2.24) is 0 Å². The van der Waals surface area contributed by atoms with E-state index in [4.69, 9.17) is 9.16 Å². The smallest absolute Gasteiger partial charge is 0.186 e. The van der Waals surface area contributed by atoms with Gasteiger partial charge in [0.05, 0.1) is 32.4 Å². The molecular formula is C25H48BrO3PSi. The summed E-state index contributed by atoms with van der Waals surface area (Å²) in [5.74, 6) is 1.41. The Morgan fingerprint density at radius 2 is 1.42 bits per heavy atom. The lowest BCUT2D eigenvalue weighted by Crippen LogP contribution is -3.00. The quantitative estimate of drug-likeness (QED) is 0.182. The molecule has 0 aliphatic carbocycles. The van der Waals surface area contributed by atoms with E-state index in [0.717, 1.165) is 31.4 Å². The summed E-state index contributed by atoms with van der Waals surface area (Å²) in [6.45, 7) is 15.1. The summed E-state index contributed by atoms with van der Waals surface area (Å²) in [6, 6.07) is 6.99. The molecule has 182 valence electrons. The predicted octanol–water partition coefficient (Wildman–Crippen LogP) is 4.45. The third kappa shape index (κ3) is 11.1. The first-order valence-electron chi connectivity index (χ1n) is 12.3. The Hall–Kier alpha value is -0.0931. The number of phenols is 1. The first kappa shape index (κ1) is 30.9. The van der Waals surface area contributed by atoms with E-state index < -0.39 is 15.6 Å². The third-order valence-corrected chi connectivity index (χ3v) is 13.5. The average Bonchev–Trinajstić information content (AvgIpc) is 2.72. The van der Waals surface area contributed by atoms with E-state index in [1.165, 1.54) is 62.3 Å². The Labute approximate surface area is 204 Å². The molecule has 0 aliphatic heterocycles. The summed E-state index contributed by atoms with van der Waals surface area (Å²) in [4.78, 5) is 0. The normalized spacial score (nSPS) is 11.9. The van der Waals surface area contributed by atoms with Crippen molar-refractivity contribution in [2.75, 3.05) is 31.7 Å². The number of aromatic hydroxyl groups is 1. The highest BCUT2D eigenvalue weighted by Crippen LogP contribution is 2.61. The fourth-order valence-electron chi connectivity index (χ4n) is 4.22. The third-order valence-electron chi connectivity index (χ3n) is 5.99. The van der Waals surface area contributed by atoms with Crippen LogP contribution >= 0.6 is 7.26 Å². The van der Waals surface area contributed by atoms with E-state index in [0.29, 0.717) is 5.75 Å². The van der Waals surface area contributed by atoms with Crippen molar-refractivity contribution in [3.8, 4) is 11.5 Å². The summed E-state index contributed by atoms with van der Waals surface area (Å²) in [5, 5.41) is 11.7. The highest BCUT2D eigenvalue weighted by Gasteiger charge is 2.41. The minimum absolute atomic E-state index is 0. The lowest BCUT2D eigenvalue weighted by molar-refractivity contribution is -0.00000924. The molecule has 1 aromatic rings. The number of hydrogen-bond acceptors (Lipinski definition) is 3. The topological polar surface area (TPSA) is 38.7 Å². The zero-order chi connectivity index (χ0) is 22.5. The van der Waals surface area contributed by atoms with Crippen molar-refractivity contribution >= 4 is 20.9 Å². The predicted molar refractivity (Wildman–Crippen MR) is 138 cm³/mol. The molecule has 0 saturated carbocycles. The maximum Gasteiger partial charge on any atom is 0.186 e. The van der Waals surface area contributed by atoms with Crippen molar-refractivity contribution in [2.45, 2.75) is 91.8 Å². The molecule has 0 bridgehead atoms. The fourth-order valence-corrected chi connectivity index (χ4v) is 11.3. The minimum Gasteiger partial charge on any atom is -1.00 e. The van der Waals surface area contributed by atoms with Gasteiger partial charge in [-0.25, -0.2) is 0 Å². The Kier molecular flexibility index (Phi) is 16.5. The zero-order valence-corrected chi connectivity index (χ0v) is 24.5. The molecule has 0 saturated heterocycles. The molecule has 0 spiro atoms. The van der Waals surface area contributed by atoms with Crippen LogP contribution in [0.25, 0.3) is 0 Å². The number of ether oxygens (including phenoxy) is 1. The average molecular weight is 536 g/mol. The largest absolute Gasteiger partial charge is 1.00 e. The molecule has 0 fully saturated rings. The molecule has 0 aliphatic rings. The highest BCUT2D eigenvalue weighted by atomic mass is 79.9. The van der Waals surface area contributed by atoms with Gasteiger partial charge in [0.15, 0.2) is 14.1 Å². The molecule has 6 heteroatoms. The SMILES string of the molecule is CCCC[P+](CCCC)(CCCC)c1cc(O)ccc1OCCC[Si](C)(C)OCC.[Br-]. The van der Waals surface area contributed by atoms with Crippen LogP contribution in [0.2, 0.25) is 19.1 Å². The molecule has 31 heavy (non-hydrogen) atoms. The summed E-state index contributed by atoms with van der Waals surface area (Å²) < 4.78 is 12.4. The molecule has 3 nitrogen and oxygen atoms in total. The molecule has 0 radical (unpaired) electrons. The molecule has 0 amide bonds. The van der Waals surface area contributed by atoms with Crippen LogP contribution in [0.1, 0.15) is 72.6 Å². The summed E-state index contributed by atoms with van der Waals surface area (Å²) in [5.41, 5.74) is 0. The molecule has 0 heterocycles. The lowest BCUT2D eigenvalue weighted by Gasteiger charge is -2.29. The second-order valence-corrected chi connectivity index (χ2v) is 17.6. The molecule has 0 aromatic heterocycles. The Morgan fingerprint density at radius 1 is 0.871 bits per heavy atom. The van der Waals surface area contributed by atoms with Crippen LogP contribution in [0.4, 0.5) is 0 Å². The van der Waals surface area contributed by atoms with Gasteiger partial charge in [0.1, 0.15) is 11.1 Å². The van der Waals surface area contributed by atoms with Gasteiger partial charge in [-0.1, -0.05) is 40.0 Å². The maximum atomic E-state index is 10.4. The van der Waals surface area contributed by atoms with Crippen molar-refractivity contribution in [3.05, 3.63) is 18.2 Å². The minimum atomic E-state index is -1.57. The van der Waals surface area contributed by atoms with Crippen LogP contribution in [0, 0.1) is 0 Å². The van der Waals surface area contributed by atoms with Crippen molar-refractivity contribution < 1.29 is 31.3 Å². The van der Waals surface area contributed by atoms with E-state index >= 15 is 0 Å². The van der Waals surface area contributed by atoms with E-state index in [-0.39, 0.29) is 17.0 Å². The van der Waals surface area contributed by atoms with Gasteiger partial charge in [0.2, 0.25) is 0 Å². The molecular weight excluding hydrogens is 487 g/mol. The van der Waals surface area contributed by atoms with Gasteiger partial charge in [-0.15, -0.1) is 0 Å². The highest BCUT2D eigenvalue weighted by molar-refractivity contribution is 7.83. The second kappa shape index (κ2) is 16.5. The van der Waals surface area contributed by atoms with Gasteiger partial charge in [0.25, 0.3) is 0 Å². The van der Waals surface area contributed by atoms with Gasteiger partial charge < -0.3 is 31.3 Å². The van der Waals surface area contributed by atoms with Crippen LogP contribution in [0.3, 0.4) is 0 Å². The van der Waals surface area contributed by atoms with Crippen LogP contribution in [0.15, 0.2) is 18.2 Å². The van der Waals surface area contributed by atoms with E-state index in [1.54, 1.807) is 6.07 Å². The lowest BCUT2D eigenvalue weighted by atomic mass is 10.3. The molecule has 0 unspecified atom stereocenters. The van der Waals surface area contributed by atoms with E-state index in [2.05, 4.69) is 40.8 Å². The van der Waals surface area contributed by atoms with Crippen molar-refractivity contribution in [2.24, 2.45) is 0 Å². The summed E-state index contributed by atoms with van der Waals surface area (Å²) in [6.07, 6.45) is 12.4. The van der Waals surface area contributed by atoms with Crippen LogP contribution in [-0.4, -0.2) is 45.1 Å². The number of halogens is 1. The molecule has 1 rings (SSSR count).